The van der Waals surface area contributed by atoms with Crippen molar-refractivity contribution in [2.45, 2.75) is 20.8 Å². The normalized spacial score (nSPS) is 15.9. The van der Waals surface area contributed by atoms with Crippen LogP contribution in [0.3, 0.4) is 0 Å². The van der Waals surface area contributed by atoms with Crippen molar-refractivity contribution in [3.05, 3.63) is 0 Å². The summed E-state index contributed by atoms with van der Waals surface area (Å²) in [5, 5.41) is 0. The van der Waals surface area contributed by atoms with Gasteiger partial charge in [0.2, 0.25) is 5.91 Å². The summed E-state index contributed by atoms with van der Waals surface area (Å²) in [5.41, 5.74) is 4.98. The van der Waals surface area contributed by atoms with Gasteiger partial charge in [0.05, 0.1) is 0 Å². The number of amides is 1. The van der Waals surface area contributed by atoms with Gasteiger partial charge in [0.25, 0.3) is 0 Å². The number of Topliss-reactive ketones (excluding diaryl/α,β-unsaturated/α-hetero) is 1. The third kappa shape index (κ3) is 2.17. The third-order valence-electron chi connectivity index (χ3n) is 1.84. The molecule has 3 heteroatoms. The van der Waals surface area contributed by atoms with Gasteiger partial charge in [-0.1, -0.05) is 13.8 Å². The Labute approximate surface area is 60.6 Å². The highest BCUT2D eigenvalue weighted by Gasteiger charge is 2.20. The van der Waals surface area contributed by atoms with Crippen molar-refractivity contribution in [3.63, 3.8) is 0 Å². The number of nitrogens with two attached hydrogens (primary N) is 1. The number of hydrogen-bond acceptors (Lipinski definition) is 2. The zero-order valence-electron chi connectivity index (χ0n) is 6.55. The van der Waals surface area contributed by atoms with Crippen LogP contribution in [0.4, 0.5) is 0 Å². The molecule has 0 saturated carbocycles. The second-order valence-corrected chi connectivity index (χ2v) is 2.59. The van der Waals surface area contributed by atoms with Crippen molar-refractivity contribution < 1.29 is 9.59 Å². The van der Waals surface area contributed by atoms with Crippen LogP contribution in [0.1, 0.15) is 20.8 Å². The van der Waals surface area contributed by atoms with Gasteiger partial charge >= 0.3 is 0 Å². The maximum Gasteiger partial charge on any atom is 0.220 e. The summed E-state index contributed by atoms with van der Waals surface area (Å²) in [4.78, 5) is 21.2. The lowest BCUT2D eigenvalue weighted by molar-refractivity contribution is -0.129. The van der Waals surface area contributed by atoms with E-state index in [2.05, 4.69) is 0 Å². The van der Waals surface area contributed by atoms with Gasteiger partial charge in [-0.3, -0.25) is 9.59 Å². The van der Waals surface area contributed by atoms with E-state index in [1.54, 1.807) is 13.8 Å². The van der Waals surface area contributed by atoms with Gasteiger partial charge in [0.15, 0.2) is 0 Å². The fraction of sp³-hybridized carbons (Fsp3) is 0.714. The van der Waals surface area contributed by atoms with Crippen LogP contribution in [0.5, 0.6) is 0 Å². The quantitative estimate of drug-likeness (QED) is 0.619. The number of hydrogen-bond donors (Lipinski definition) is 1. The van der Waals surface area contributed by atoms with E-state index in [0.717, 1.165) is 0 Å². The molecule has 0 saturated heterocycles. The lowest BCUT2D eigenvalue weighted by Gasteiger charge is -2.12. The summed E-state index contributed by atoms with van der Waals surface area (Å²) in [7, 11) is 0. The molecular formula is C7H13NO2. The van der Waals surface area contributed by atoms with Crippen molar-refractivity contribution in [2.75, 3.05) is 0 Å². The molecule has 1 amide bonds. The van der Waals surface area contributed by atoms with E-state index in [4.69, 9.17) is 5.73 Å². The number of ketones is 1. The third-order valence-corrected chi connectivity index (χ3v) is 1.84. The summed E-state index contributed by atoms with van der Waals surface area (Å²) >= 11 is 0. The topological polar surface area (TPSA) is 60.2 Å². The Balaban J connectivity index is 4.07. The Hall–Kier alpha value is -0.860. The van der Waals surface area contributed by atoms with Crippen LogP contribution < -0.4 is 5.73 Å². The lowest BCUT2D eigenvalue weighted by atomic mass is 9.92. The van der Waals surface area contributed by atoms with E-state index in [1.165, 1.54) is 6.92 Å². The van der Waals surface area contributed by atoms with Gasteiger partial charge in [-0.25, -0.2) is 0 Å². The van der Waals surface area contributed by atoms with Crippen LogP contribution in [0.25, 0.3) is 0 Å². The minimum absolute atomic E-state index is 0.00583. The van der Waals surface area contributed by atoms with Crippen molar-refractivity contribution in [2.24, 2.45) is 17.6 Å². The molecule has 0 aliphatic heterocycles. The van der Waals surface area contributed by atoms with Gasteiger partial charge in [0.1, 0.15) is 5.78 Å². The van der Waals surface area contributed by atoms with E-state index >= 15 is 0 Å². The van der Waals surface area contributed by atoms with Crippen LogP contribution >= 0.6 is 0 Å². The minimum atomic E-state index is -0.414. The zero-order valence-corrected chi connectivity index (χ0v) is 6.55. The zero-order chi connectivity index (χ0) is 8.31. The summed E-state index contributed by atoms with van der Waals surface area (Å²) < 4.78 is 0. The average molecular weight is 143 g/mol. The highest BCUT2D eigenvalue weighted by atomic mass is 16.1. The molecule has 0 unspecified atom stereocenters. The van der Waals surface area contributed by atoms with Crippen LogP contribution in [-0.2, 0) is 9.59 Å². The first-order valence-electron chi connectivity index (χ1n) is 3.26. The molecule has 0 radical (unpaired) electrons. The molecule has 2 N–H and O–H groups in total. The Morgan fingerprint density at radius 1 is 1.20 bits per heavy atom. The van der Waals surface area contributed by atoms with Crippen molar-refractivity contribution >= 4 is 11.7 Å². The predicted molar refractivity (Wildman–Crippen MR) is 38.2 cm³/mol. The van der Waals surface area contributed by atoms with E-state index in [0.29, 0.717) is 0 Å². The molecule has 0 aliphatic rings. The van der Waals surface area contributed by atoms with Gasteiger partial charge in [-0.2, -0.15) is 0 Å². The molecule has 0 rings (SSSR count). The smallest absolute Gasteiger partial charge is 0.220 e. The first-order chi connectivity index (χ1) is 4.46. The minimum Gasteiger partial charge on any atom is -0.369 e. The monoisotopic (exact) mass is 143 g/mol. The van der Waals surface area contributed by atoms with Crippen molar-refractivity contribution in [3.8, 4) is 0 Å². The average Bonchev–Trinajstić information content (AvgIpc) is 1.84. The molecule has 58 valence electrons. The lowest BCUT2D eigenvalue weighted by Crippen LogP contribution is -2.29. The standard InChI is InChI=1S/C7H13NO2/c1-4(6(3)9)5(2)7(8)10/h4-5H,1-3H3,(H2,8,10)/t4-,5+/m0/s1. The fourth-order valence-corrected chi connectivity index (χ4v) is 0.598. The number of primary amides is 1. The molecule has 0 aromatic rings. The molecule has 10 heavy (non-hydrogen) atoms. The molecule has 0 spiro atoms. The second-order valence-electron chi connectivity index (χ2n) is 2.59. The fourth-order valence-electron chi connectivity index (χ4n) is 0.598. The molecule has 0 aliphatic carbocycles. The first kappa shape index (κ1) is 9.14. The summed E-state index contributed by atoms with van der Waals surface area (Å²) in [5.74, 6) is -1.01. The number of carbonyl (C=O) groups is 2. The van der Waals surface area contributed by atoms with Gasteiger partial charge in [0, 0.05) is 11.8 Å². The molecule has 3 nitrogen and oxygen atoms in total. The van der Waals surface area contributed by atoms with Gasteiger partial charge in [-0.05, 0) is 6.92 Å². The second kappa shape index (κ2) is 3.34. The molecular weight excluding hydrogens is 130 g/mol. The highest BCUT2D eigenvalue weighted by molar-refractivity contribution is 5.86. The Kier molecular flexibility index (Phi) is 3.06. The van der Waals surface area contributed by atoms with E-state index in [9.17, 15) is 9.59 Å². The number of rotatable bonds is 3. The summed E-state index contributed by atoms with van der Waals surface area (Å²) in [6.07, 6.45) is 0. The van der Waals surface area contributed by atoms with Crippen LogP contribution in [0.2, 0.25) is 0 Å². The van der Waals surface area contributed by atoms with Crippen molar-refractivity contribution in [1.29, 1.82) is 0 Å². The summed E-state index contributed by atoms with van der Waals surface area (Å²) in [6.45, 7) is 4.83. The van der Waals surface area contributed by atoms with E-state index in [1.807, 2.05) is 0 Å². The Bertz CT molecular complexity index is 136. The van der Waals surface area contributed by atoms with Gasteiger partial charge < -0.3 is 5.73 Å². The SMILES string of the molecule is CC(=O)[C@@H](C)[C@@H](C)C(N)=O. The Morgan fingerprint density at radius 2 is 1.60 bits per heavy atom. The molecule has 0 bridgehead atoms. The number of carbonyl (C=O) groups excluding carboxylic acids is 2. The van der Waals surface area contributed by atoms with E-state index < -0.39 is 5.91 Å². The first-order valence-corrected chi connectivity index (χ1v) is 3.26. The van der Waals surface area contributed by atoms with Crippen molar-refractivity contribution in [1.82, 2.24) is 0 Å². The largest absolute Gasteiger partial charge is 0.369 e. The van der Waals surface area contributed by atoms with Crippen LogP contribution in [0.15, 0.2) is 0 Å². The molecule has 0 heterocycles. The maximum atomic E-state index is 10.7. The Morgan fingerprint density at radius 3 is 1.70 bits per heavy atom. The molecule has 0 aromatic carbocycles. The van der Waals surface area contributed by atoms with E-state index in [-0.39, 0.29) is 17.6 Å². The maximum absolute atomic E-state index is 10.7. The predicted octanol–water partition coefficient (Wildman–Crippen LogP) is 0.333. The summed E-state index contributed by atoms with van der Waals surface area (Å²) in [6, 6.07) is 0. The van der Waals surface area contributed by atoms with Crippen LogP contribution in [-0.4, -0.2) is 11.7 Å². The molecule has 0 aromatic heterocycles. The van der Waals surface area contributed by atoms with Gasteiger partial charge in [-0.15, -0.1) is 0 Å². The molecule has 2 atom stereocenters. The van der Waals surface area contributed by atoms with Crippen LogP contribution in [0, 0.1) is 11.8 Å². The molecule has 0 fully saturated rings. The highest BCUT2D eigenvalue weighted by Crippen LogP contribution is 2.10.